The van der Waals surface area contributed by atoms with Crippen molar-refractivity contribution in [3.05, 3.63) is 100 Å². The molecule has 0 aromatic heterocycles. The zero-order chi connectivity index (χ0) is 29.6. The SMILES string of the molecule is Cc1ccc(C)c(N(CC(=O)N(Cc2cccc(Cl)c2)[C@@H](Cc2ccccc2)C(=O)NC2CCCC2)S(C)(=O)=O)c1. The van der Waals surface area contributed by atoms with E-state index in [9.17, 15) is 18.0 Å². The van der Waals surface area contributed by atoms with Gasteiger partial charge in [-0.3, -0.25) is 13.9 Å². The topological polar surface area (TPSA) is 86.8 Å². The third-order valence-electron chi connectivity index (χ3n) is 7.53. The Hall–Kier alpha value is -3.36. The number of sulfonamides is 1. The monoisotopic (exact) mass is 595 g/mol. The zero-order valence-electron chi connectivity index (χ0n) is 23.8. The smallest absolute Gasteiger partial charge is 0.244 e. The van der Waals surface area contributed by atoms with Crippen LogP contribution in [0.4, 0.5) is 5.69 Å². The quantitative estimate of drug-likeness (QED) is 0.321. The molecule has 0 unspecified atom stereocenters. The van der Waals surface area contributed by atoms with Crippen LogP contribution < -0.4 is 9.62 Å². The number of aryl methyl sites for hydroxylation is 2. The Morgan fingerprint density at radius 3 is 2.29 bits per heavy atom. The van der Waals surface area contributed by atoms with E-state index in [0.29, 0.717) is 10.7 Å². The lowest BCUT2D eigenvalue weighted by molar-refractivity contribution is -0.140. The summed E-state index contributed by atoms with van der Waals surface area (Å²) in [6, 6.07) is 21.4. The summed E-state index contributed by atoms with van der Waals surface area (Å²) in [7, 11) is -3.82. The molecule has 1 fully saturated rings. The number of carbonyl (C=O) groups excluding carboxylic acids is 2. The molecule has 1 N–H and O–H groups in total. The molecule has 1 atom stereocenters. The van der Waals surface area contributed by atoms with Gasteiger partial charge in [0.1, 0.15) is 12.6 Å². The first-order valence-corrected chi connectivity index (χ1v) is 16.2. The van der Waals surface area contributed by atoms with Crippen molar-refractivity contribution in [1.82, 2.24) is 10.2 Å². The van der Waals surface area contributed by atoms with Gasteiger partial charge < -0.3 is 10.2 Å². The van der Waals surface area contributed by atoms with Crippen LogP contribution in [0.1, 0.15) is 47.9 Å². The summed E-state index contributed by atoms with van der Waals surface area (Å²) in [5.74, 6) is -0.715. The zero-order valence-corrected chi connectivity index (χ0v) is 25.4. The Balaban J connectivity index is 1.74. The normalized spacial score (nSPS) is 14.4. The fourth-order valence-corrected chi connectivity index (χ4v) is 6.45. The summed E-state index contributed by atoms with van der Waals surface area (Å²) in [5.41, 5.74) is 3.70. The lowest BCUT2D eigenvalue weighted by atomic mass is 10.0. The second kappa shape index (κ2) is 13.5. The van der Waals surface area contributed by atoms with Gasteiger partial charge in [-0.1, -0.05) is 79.0 Å². The van der Waals surface area contributed by atoms with Crippen molar-refractivity contribution < 1.29 is 18.0 Å². The second-order valence-corrected chi connectivity index (χ2v) is 13.2. The largest absolute Gasteiger partial charge is 0.352 e. The van der Waals surface area contributed by atoms with Crippen LogP contribution in [-0.4, -0.2) is 50.0 Å². The van der Waals surface area contributed by atoms with E-state index in [1.807, 2.05) is 62.4 Å². The minimum Gasteiger partial charge on any atom is -0.352 e. The molecule has 0 radical (unpaired) electrons. The Kier molecular flexibility index (Phi) is 10.1. The number of hydrogen-bond acceptors (Lipinski definition) is 4. The number of nitrogens with zero attached hydrogens (tertiary/aromatic N) is 2. The minimum absolute atomic E-state index is 0.0614. The molecule has 1 aliphatic rings. The maximum atomic E-state index is 14.2. The van der Waals surface area contributed by atoms with E-state index in [0.717, 1.165) is 58.5 Å². The molecule has 0 aliphatic heterocycles. The van der Waals surface area contributed by atoms with Crippen LogP contribution in [0.15, 0.2) is 72.8 Å². The second-order valence-electron chi connectivity index (χ2n) is 10.9. The lowest BCUT2D eigenvalue weighted by Crippen LogP contribution is -2.54. The van der Waals surface area contributed by atoms with E-state index in [1.54, 1.807) is 24.3 Å². The van der Waals surface area contributed by atoms with E-state index >= 15 is 0 Å². The van der Waals surface area contributed by atoms with Crippen LogP contribution in [-0.2, 0) is 32.6 Å². The van der Waals surface area contributed by atoms with Crippen LogP contribution in [0, 0.1) is 13.8 Å². The van der Waals surface area contributed by atoms with Gasteiger partial charge in [-0.2, -0.15) is 0 Å². The molecule has 0 saturated heterocycles. The van der Waals surface area contributed by atoms with Gasteiger partial charge in [-0.05, 0) is 67.1 Å². The van der Waals surface area contributed by atoms with E-state index in [-0.39, 0.29) is 24.9 Å². The average molecular weight is 596 g/mol. The molecule has 9 heteroatoms. The average Bonchev–Trinajstić information content (AvgIpc) is 3.43. The molecule has 0 spiro atoms. The third kappa shape index (κ3) is 8.33. The Morgan fingerprint density at radius 1 is 0.951 bits per heavy atom. The van der Waals surface area contributed by atoms with Crippen molar-refractivity contribution in [1.29, 1.82) is 0 Å². The number of carbonyl (C=O) groups is 2. The van der Waals surface area contributed by atoms with Gasteiger partial charge in [-0.25, -0.2) is 8.42 Å². The fourth-order valence-electron chi connectivity index (χ4n) is 5.34. The molecule has 3 aromatic rings. The fraction of sp³-hybridized carbons (Fsp3) is 0.375. The first-order chi connectivity index (χ1) is 19.5. The van der Waals surface area contributed by atoms with Crippen LogP contribution >= 0.6 is 11.6 Å². The summed E-state index contributed by atoms with van der Waals surface area (Å²) < 4.78 is 27.2. The molecular formula is C32H38ClN3O4S. The van der Waals surface area contributed by atoms with Crippen molar-refractivity contribution in [3.8, 4) is 0 Å². The molecule has 3 aromatic carbocycles. The van der Waals surface area contributed by atoms with Crippen LogP contribution in [0.5, 0.6) is 0 Å². The first kappa shape index (κ1) is 30.6. The van der Waals surface area contributed by atoms with Crippen LogP contribution in [0.25, 0.3) is 0 Å². The Bertz CT molecular complexity index is 1470. The molecule has 1 saturated carbocycles. The van der Waals surface area contributed by atoms with E-state index in [2.05, 4.69) is 5.32 Å². The van der Waals surface area contributed by atoms with Crippen molar-refractivity contribution in [2.45, 2.75) is 64.6 Å². The summed E-state index contributed by atoms with van der Waals surface area (Å²) in [4.78, 5) is 29.6. The van der Waals surface area contributed by atoms with Gasteiger partial charge >= 0.3 is 0 Å². The standard InChI is InChI=1S/C32H38ClN3O4S/c1-23-16-17-24(2)29(18-23)36(41(3,39)40)22-31(37)35(21-26-12-9-13-27(33)19-26)30(20-25-10-5-4-6-11-25)32(38)34-28-14-7-8-15-28/h4-6,9-13,16-19,28,30H,7-8,14-15,20-22H2,1-3H3,(H,34,38)/t30-/m0/s1. The molecule has 7 nitrogen and oxygen atoms in total. The molecule has 2 amide bonds. The van der Waals surface area contributed by atoms with Crippen molar-refractivity contribution >= 4 is 39.1 Å². The number of halogens is 1. The predicted molar refractivity (Wildman–Crippen MR) is 164 cm³/mol. The Labute approximate surface area is 248 Å². The first-order valence-electron chi connectivity index (χ1n) is 13.9. The van der Waals surface area contributed by atoms with Crippen molar-refractivity contribution in [2.24, 2.45) is 0 Å². The molecule has 0 bridgehead atoms. The molecule has 4 rings (SSSR count). The van der Waals surface area contributed by atoms with Gasteiger partial charge in [0.2, 0.25) is 21.8 Å². The molecule has 41 heavy (non-hydrogen) atoms. The van der Waals surface area contributed by atoms with Crippen molar-refractivity contribution in [2.75, 3.05) is 17.1 Å². The van der Waals surface area contributed by atoms with Gasteiger partial charge in [-0.15, -0.1) is 0 Å². The summed E-state index contributed by atoms with van der Waals surface area (Å²) in [6.07, 6.45) is 5.30. The van der Waals surface area contributed by atoms with E-state index in [4.69, 9.17) is 11.6 Å². The maximum Gasteiger partial charge on any atom is 0.244 e. The Morgan fingerprint density at radius 2 is 1.63 bits per heavy atom. The summed E-state index contributed by atoms with van der Waals surface area (Å²) in [6.45, 7) is 3.35. The predicted octanol–water partition coefficient (Wildman–Crippen LogP) is 5.42. The highest BCUT2D eigenvalue weighted by Crippen LogP contribution is 2.26. The summed E-state index contributed by atoms with van der Waals surface area (Å²) in [5, 5.41) is 3.68. The lowest BCUT2D eigenvalue weighted by Gasteiger charge is -2.34. The number of amides is 2. The number of hydrogen-bond donors (Lipinski definition) is 1. The van der Waals surface area contributed by atoms with Gasteiger partial charge in [0.15, 0.2) is 0 Å². The number of benzene rings is 3. The molecular weight excluding hydrogens is 558 g/mol. The van der Waals surface area contributed by atoms with Crippen molar-refractivity contribution in [3.63, 3.8) is 0 Å². The highest BCUT2D eigenvalue weighted by Gasteiger charge is 2.34. The van der Waals surface area contributed by atoms with Crippen LogP contribution in [0.3, 0.4) is 0 Å². The van der Waals surface area contributed by atoms with Gasteiger partial charge in [0.25, 0.3) is 0 Å². The molecule has 218 valence electrons. The molecule has 0 heterocycles. The highest BCUT2D eigenvalue weighted by molar-refractivity contribution is 7.92. The summed E-state index contributed by atoms with van der Waals surface area (Å²) >= 11 is 6.28. The number of nitrogens with one attached hydrogen (secondary N) is 1. The van der Waals surface area contributed by atoms with E-state index in [1.165, 1.54) is 4.90 Å². The number of rotatable bonds is 11. The third-order valence-corrected chi connectivity index (χ3v) is 8.89. The maximum absolute atomic E-state index is 14.2. The molecule has 1 aliphatic carbocycles. The van der Waals surface area contributed by atoms with E-state index < -0.39 is 28.5 Å². The van der Waals surface area contributed by atoms with Gasteiger partial charge in [0.05, 0.1) is 11.9 Å². The highest BCUT2D eigenvalue weighted by atomic mass is 35.5. The van der Waals surface area contributed by atoms with Crippen LogP contribution in [0.2, 0.25) is 5.02 Å². The minimum atomic E-state index is -3.82. The number of anilines is 1. The van der Waals surface area contributed by atoms with Gasteiger partial charge in [0, 0.05) is 24.0 Å².